The van der Waals surface area contributed by atoms with Gasteiger partial charge in [0.2, 0.25) is 5.95 Å². The van der Waals surface area contributed by atoms with Gasteiger partial charge in [0, 0.05) is 6.04 Å². The van der Waals surface area contributed by atoms with E-state index in [1.807, 2.05) is 0 Å². The van der Waals surface area contributed by atoms with Gasteiger partial charge in [-0.05, 0) is 12.8 Å². The molecule has 2 aromatic rings. The zero-order chi connectivity index (χ0) is 11.3. The van der Waals surface area contributed by atoms with Crippen molar-refractivity contribution in [2.45, 2.75) is 25.0 Å². The Labute approximate surface area is 89.9 Å². The maximum Gasteiger partial charge on any atom is 0.280 e. The van der Waals surface area contributed by atoms with Crippen molar-refractivity contribution in [2.24, 2.45) is 0 Å². The van der Waals surface area contributed by atoms with Gasteiger partial charge in [-0.1, -0.05) is 0 Å². The van der Waals surface area contributed by atoms with Crippen molar-refractivity contribution in [1.82, 2.24) is 19.5 Å². The number of anilines is 1. The highest BCUT2D eigenvalue weighted by molar-refractivity contribution is 5.70. The molecule has 0 atom stereocenters. The molecule has 7 nitrogen and oxygen atoms in total. The van der Waals surface area contributed by atoms with Crippen molar-refractivity contribution in [1.29, 1.82) is 0 Å². The number of H-pyrrole nitrogens is 1. The Bertz CT molecular complexity index is 595. The largest absolute Gasteiger partial charge is 0.393 e. The van der Waals surface area contributed by atoms with E-state index in [9.17, 15) is 9.90 Å². The number of aromatic nitrogens is 4. The number of aromatic amines is 1. The molecule has 0 aromatic carbocycles. The number of nitrogens with zero attached hydrogens (tertiary/aromatic N) is 3. The highest BCUT2D eigenvalue weighted by atomic mass is 16.3. The number of rotatable bonds is 1. The third-order valence-electron chi connectivity index (χ3n) is 2.93. The van der Waals surface area contributed by atoms with Crippen LogP contribution in [-0.2, 0) is 0 Å². The SMILES string of the molecule is Nc1nc2c(ncn2C2CC(O)C2)c(=O)[nH]1. The molecular weight excluding hydrogens is 210 g/mol. The third-order valence-corrected chi connectivity index (χ3v) is 2.93. The van der Waals surface area contributed by atoms with Gasteiger partial charge >= 0.3 is 0 Å². The minimum atomic E-state index is -0.332. The first-order valence-electron chi connectivity index (χ1n) is 5.05. The summed E-state index contributed by atoms with van der Waals surface area (Å²) in [5.74, 6) is 0.0825. The van der Waals surface area contributed by atoms with Gasteiger partial charge in [-0.2, -0.15) is 4.98 Å². The van der Waals surface area contributed by atoms with Crippen molar-refractivity contribution >= 4 is 17.1 Å². The molecule has 84 valence electrons. The van der Waals surface area contributed by atoms with Crippen LogP contribution in [0.3, 0.4) is 0 Å². The summed E-state index contributed by atoms with van der Waals surface area (Å²) in [7, 11) is 0. The second-order valence-electron chi connectivity index (χ2n) is 4.05. The molecule has 1 aliphatic carbocycles. The van der Waals surface area contributed by atoms with Gasteiger partial charge < -0.3 is 15.4 Å². The molecular formula is C9H11N5O2. The fraction of sp³-hybridized carbons (Fsp3) is 0.444. The Hall–Kier alpha value is -1.89. The molecule has 0 saturated heterocycles. The van der Waals surface area contributed by atoms with E-state index in [1.54, 1.807) is 10.9 Å². The molecule has 1 aliphatic rings. The van der Waals surface area contributed by atoms with E-state index in [1.165, 1.54) is 0 Å². The molecule has 0 aliphatic heterocycles. The summed E-state index contributed by atoms with van der Waals surface area (Å²) in [4.78, 5) is 22.0. The van der Waals surface area contributed by atoms with Crippen molar-refractivity contribution in [3.8, 4) is 0 Å². The average molecular weight is 221 g/mol. The Balaban J connectivity index is 2.16. The Morgan fingerprint density at radius 2 is 2.31 bits per heavy atom. The van der Waals surface area contributed by atoms with E-state index in [-0.39, 0.29) is 29.2 Å². The van der Waals surface area contributed by atoms with Gasteiger partial charge in [0.15, 0.2) is 11.2 Å². The Morgan fingerprint density at radius 1 is 1.56 bits per heavy atom. The number of hydrogen-bond acceptors (Lipinski definition) is 5. The zero-order valence-electron chi connectivity index (χ0n) is 8.42. The summed E-state index contributed by atoms with van der Waals surface area (Å²) in [6.45, 7) is 0. The highest BCUT2D eigenvalue weighted by Crippen LogP contribution is 2.33. The van der Waals surface area contributed by atoms with Gasteiger partial charge in [0.1, 0.15) is 0 Å². The summed E-state index contributed by atoms with van der Waals surface area (Å²) in [5.41, 5.74) is 5.92. The van der Waals surface area contributed by atoms with Gasteiger partial charge in [0.05, 0.1) is 12.4 Å². The Morgan fingerprint density at radius 3 is 3.00 bits per heavy atom. The Kier molecular flexibility index (Phi) is 1.78. The summed E-state index contributed by atoms with van der Waals surface area (Å²) >= 11 is 0. The fourth-order valence-corrected chi connectivity index (χ4v) is 2.00. The summed E-state index contributed by atoms with van der Waals surface area (Å²) in [6.07, 6.45) is 2.64. The van der Waals surface area contributed by atoms with Crippen LogP contribution in [0.25, 0.3) is 11.2 Å². The zero-order valence-corrected chi connectivity index (χ0v) is 8.42. The van der Waals surface area contributed by atoms with Crippen LogP contribution in [0.4, 0.5) is 5.95 Å². The minimum absolute atomic E-state index is 0.0825. The highest BCUT2D eigenvalue weighted by Gasteiger charge is 2.30. The minimum Gasteiger partial charge on any atom is -0.393 e. The van der Waals surface area contributed by atoms with Crippen LogP contribution in [-0.4, -0.2) is 30.7 Å². The van der Waals surface area contributed by atoms with E-state index in [4.69, 9.17) is 5.73 Å². The van der Waals surface area contributed by atoms with Crippen LogP contribution < -0.4 is 11.3 Å². The van der Waals surface area contributed by atoms with E-state index >= 15 is 0 Å². The first kappa shape index (κ1) is 9.34. The number of nitrogens with two attached hydrogens (primary N) is 1. The summed E-state index contributed by atoms with van der Waals surface area (Å²) < 4.78 is 1.80. The summed E-state index contributed by atoms with van der Waals surface area (Å²) in [5, 5.41) is 9.25. The first-order valence-corrected chi connectivity index (χ1v) is 5.05. The van der Waals surface area contributed by atoms with Crippen LogP contribution in [0, 0.1) is 0 Å². The van der Waals surface area contributed by atoms with Gasteiger partial charge in [-0.25, -0.2) is 4.98 Å². The molecule has 0 radical (unpaired) electrons. The van der Waals surface area contributed by atoms with Crippen molar-refractivity contribution in [3.63, 3.8) is 0 Å². The van der Waals surface area contributed by atoms with E-state index in [0.29, 0.717) is 18.5 Å². The molecule has 2 heterocycles. The monoisotopic (exact) mass is 221 g/mol. The lowest BCUT2D eigenvalue weighted by atomic mass is 9.89. The van der Waals surface area contributed by atoms with Gasteiger partial charge in [-0.15, -0.1) is 0 Å². The molecule has 2 aromatic heterocycles. The molecule has 4 N–H and O–H groups in total. The average Bonchev–Trinajstić information content (AvgIpc) is 2.56. The molecule has 0 amide bonds. The van der Waals surface area contributed by atoms with Crippen molar-refractivity contribution in [2.75, 3.05) is 5.73 Å². The number of aliphatic hydroxyl groups is 1. The number of nitrogens with one attached hydrogen (secondary N) is 1. The molecule has 1 saturated carbocycles. The van der Waals surface area contributed by atoms with Crippen LogP contribution in [0.5, 0.6) is 0 Å². The predicted octanol–water partition coefficient (Wildman–Crippen LogP) is -0.602. The molecule has 0 unspecified atom stereocenters. The van der Waals surface area contributed by atoms with Crippen LogP contribution in [0.15, 0.2) is 11.1 Å². The number of fused-ring (bicyclic) bond motifs is 1. The second-order valence-corrected chi connectivity index (χ2v) is 4.05. The standard InChI is InChI=1S/C9H11N5O2/c10-9-12-7-6(8(16)13-9)11-3-14(7)4-1-5(15)2-4/h3-5,15H,1-2H2,(H3,10,12,13,16). The van der Waals surface area contributed by atoms with Gasteiger partial charge in [-0.3, -0.25) is 9.78 Å². The van der Waals surface area contributed by atoms with Crippen LogP contribution >= 0.6 is 0 Å². The van der Waals surface area contributed by atoms with Crippen LogP contribution in [0.2, 0.25) is 0 Å². The number of hydrogen-bond donors (Lipinski definition) is 3. The molecule has 3 rings (SSSR count). The lowest BCUT2D eigenvalue weighted by molar-refractivity contribution is 0.0499. The maximum absolute atomic E-state index is 11.5. The van der Waals surface area contributed by atoms with Crippen molar-refractivity contribution in [3.05, 3.63) is 16.7 Å². The lowest BCUT2D eigenvalue weighted by Crippen LogP contribution is -2.30. The van der Waals surface area contributed by atoms with Gasteiger partial charge in [0.25, 0.3) is 5.56 Å². The van der Waals surface area contributed by atoms with Crippen LogP contribution in [0.1, 0.15) is 18.9 Å². The normalized spacial score (nSPS) is 24.6. The molecule has 7 heteroatoms. The van der Waals surface area contributed by atoms with E-state index in [2.05, 4.69) is 15.0 Å². The molecule has 1 fully saturated rings. The lowest BCUT2D eigenvalue weighted by Gasteiger charge is -2.32. The second kappa shape index (κ2) is 3.05. The number of aliphatic hydroxyl groups excluding tert-OH is 1. The smallest absolute Gasteiger partial charge is 0.280 e. The van der Waals surface area contributed by atoms with E-state index in [0.717, 1.165) is 0 Å². The summed E-state index contributed by atoms with van der Waals surface area (Å²) in [6, 6.07) is 0.161. The fourth-order valence-electron chi connectivity index (χ4n) is 2.00. The topological polar surface area (TPSA) is 110 Å². The number of imidazole rings is 1. The third kappa shape index (κ3) is 1.21. The number of nitrogen functional groups attached to an aromatic ring is 1. The predicted molar refractivity (Wildman–Crippen MR) is 56.8 cm³/mol. The molecule has 16 heavy (non-hydrogen) atoms. The first-order chi connectivity index (χ1) is 7.65. The quantitative estimate of drug-likeness (QED) is 0.595. The molecule has 0 spiro atoms. The van der Waals surface area contributed by atoms with E-state index < -0.39 is 0 Å². The molecule has 0 bridgehead atoms. The maximum atomic E-state index is 11.5. The van der Waals surface area contributed by atoms with Crippen molar-refractivity contribution < 1.29 is 5.11 Å².